The van der Waals surface area contributed by atoms with Gasteiger partial charge < -0.3 is 15.0 Å². The summed E-state index contributed by atoms with van der Waals surface area (Å²) < 4.78 is 5.29. The highest BCUT2D eigenvalue weighted by molar-refractivity contribution is 6.33. The Hall–Kier alpha value is -2.86. The molecule has 0 spiro atoms. The Labute approximate surface area is 181 Å². The predicted octanol–water partition coefficient (Wildman–Crippen LogP) is 3.62. The Bertz CT molecular complexity index is 960. The van der Waals surface area contributed by atoms with E-state index in [0.29, 0.717) is 5.02 Å². The summed E-state index contributed by atoms with van der Waals surface area (Å²) in [5, 5.41) is 2.96. The molecule has 0 unspecified atom stereocenters. The molecule has 0 fully saturated rings. The van der Waals surface area contributed by atoms with Gasteiger partial charge in [-0.1, -0.05) is 55.8 Å². The lowest BCUT2D eigenvalue weighted by molar-refractivity contribution is -0.150. The number of rotatable bonds is 6. The van der Waals surface area contributed by atoms with Crippen LogP contribution < -0.4 is 10.2 Å². The molecule has 0 aliphatic carbocycles. The van der Waals surface area contributed by atoms with Gasteiger partial charge in [-0.2, -0.15) is 0 Å². The molecule has 0 radical (unpaired) electrons. The van der Waals surface area contributed by atoms with E-state index in [1.165, 1.54) is 0 Å². The van der Waals surface area contributed by atoms with Gasteiger partial charge in [0, 0.05) is 11.7 Å². The summed E-state index contributed by atoms with van der Waals surface area (Å²) in [7, 11) is 0. The number of hydrogen-bond acceptors (Lipinski definition) is 4. The Balaban J connectivity index is 1.64. The van der Waals surface area contributed by atoms with Crippen LogP contribution in [0.5, 0.6) is 0 Å². The first-order valence-electron chi connectivity index (χ1n) is 9.91. The minimum atomic E-state index is -0.898. The van der Waals surface area contributed by atoms with E-state index in [9.17, 15) is 14.4 Å². The molecule has 3 rings (SSSR count). The summed E-state index contributed by atoms with van der Waals surface area (Å²) in [4.78, 5) is 39.6. The van der Waals surface area contributed by atoms with Gasteiger partial charge >= 0.3 is 5.97 Å². The molecule has 1 heterocycles. The van der Waals surface area contributed by atoms with Crippen LogP contribution in [-0.2, 0) is 20.7 Å². The van der Waals surface area contributed by atoms with Gasteiger partial charge in [0.15, 0.2) is 6.61 Å². The highest BCUT2D eigenvalue weighted by Gasteiger charge is 2.32. The van der Waals surface area contributed by atoms with Crippen LogP contribution in [0.1, 0.15) is 36.7 Å². The SMILES string of the molecule is CC(C)[C@@H](NC(=O)c1ccccc1Cl)C(=O)OCC(=O)N1c2ccccc2C[C@@H]1C. The van der Waals surface area contributed by atoms with Crippen molar-refractivity contribution >= 4 is 35.1 Å². The molecular weight excluding hydrogens is 404 g/mol. The number of carbonyl (C=O) groups excluding carboxylic acids is 3. The van der Waals surface area contributed by atoms with Crippen LogP contribution in [0.15, 0.2) is 48.5 Å². The third-order valence-corrected chi connectivity index (χ3v) is 5.47. The van der Waals surface area contributed by atoms with E-state index in [4.69, 9.17) is 16.3 Å². The van der Waals surface area contributed by atoms with Crippen molar-refractivity contribution in [1.82, 2.24) is 5.32 Å². The summed E-state index contributed by atoms with van der Waals surface area (Å²) in [6.45, 7) is 5.15. The van der Waals surface area contributed by atoms with Gasteiger partial charge in [0.2, 0.25) is 0 Å². The topological polar surface area (TPSA) is 75.7 Å². The molecule has 2 atom stereocenters. The Morgan fingerprint density at radius 3 is 2.50 bits per heavy atom. The first kappa shape index (κ1) is 21.8. The van der Waals surface area contributed by atoms with E-state index in [-0.39, 0.29) is 30.0 Å². The zero-order valence-electron chi connectivity index (χ0n) is 17.2. The highest BCUT2D eigenvalue weighted by Crippen LogP contribution is 2.31. The molecule has 2 aromatic rings. The number of carbonyl (C=O) groups is 3. The molecule has 30 heavy (non-hydrogen) atoms. The van der Waals surface area contributed by atoms with Crippen LogP contribution in [0, 0.1) is 5.92 Å². The van der Waals surface area contributed by atoms with Crippen molar-refractivity contribution in [3.05, 3.63) is 64.7 Å². The van der Waals surface area contributed by atoms with Gasteiger partial charge in [0.25, 0.3) is 11.8 Å². The van der Waals surface area contributed by atoms with Gasteiger partial charge in [-0.25, -0.2) is 4.79 Å². The number of fused-ring (bicyclic) bond motifs is 1. The smallest absolute Gasteiger partial charge is 0.329 e. The fourth-order valence-electron chi connectivity index (χ4n) is 3.60. The van der Waals surface area contributed by atoms with Crippen LogP contribution >= 0.6 is 11.6 Å². The van der Waals surface area contributed by atoms with Crippen LogP contribution in [0.3, 0.4) is 0 Å². The number of anilines is 1. The molecule has 7 heteroatoms. The summed E-state index contributed by atoms with van der Waals surface area (Å²) >= 11 is 6.06. The second-order valence-electron chi connectivity index (χ2n) is 7.73. The van der Waals surface area contributed by atoms with Gasteiger partial charge in [-0.3, -0.25) is 9.59 Å². The molecular formula is C23H25ClN2O4. The zero-order valence-corrected chi connectivity index (χ0v) is 18.0. The monoisotopic (exact) mass is 428 g/mol. The number of nitrogens with one attached hydrogen (secondary N) is 1. The standard InChI is InChI=1S/C23H25ClN2O4/c1-14(2)21(25-22(28)17-9-5-6-10-18(17)24)23(29)30-13-20(27)26-15(3)12-16-8-4-7-11-19(16)26/h4-11,14-15,21H,12-13H2,1-3H3,(H,25,28)/t15-,21+/m0/s1. The van der Waals surface area contributed by atoms with Crippen LogP contribution in [0.25, 0.3) is 0 Å². The summed E-state index contributed by atoms with van der Waals surface area (Å²) in [5.74, 6) is -1.64. The first-order valence-corrected chi connectivity index (χ1v) is 10.3. The lowest BCUT2D eigenvalue weighted by atomic mass is 10.0. The first-order chi connectivity index (χ1) is 14.3. The largest absolute Gasteiger partial charge is 0.454 e. The van der Waals surface area contributed by atoms with E-state index in [2.05, 4.69) is 5.32 Å². The molecule has 2 aromatic carbocycles. The molecule has 0 saturated heterocycles. The Morgan fingerprint density at radius 2 is 1.80 bits per heavy atom. The third-order valence-electron chi connectivity index (χ3n) is 5.14. The lowest BCUT2D eigenvalue weighted by Gasteiger charge is -2.24. The van der Waals surface area contributed by atoms with Crippen molar-refractivity contribution in [3.8, 4) is 0 Å². The maximum absolute atomic E-state index is 12.7. The average Bonchev–Trinajstić information content (AvgIpc) is 3.05. The quantitative estimate of drug-likeness (QED) is 0.713. The third kappa shape index (κ3) is 4.65. The second kappa shape index (κ2) is 9.30. The molecule has 0 saturated carbocycles. The normalized spacial score (nSPS) is 16.2. The second-order valence-corrected chi connectivity index (χ2v) is 8.14. The molecule has 0 bridgehead atoms. The zero-order chi connectivity index (χ0) is 21.8. The van der Waals surface area contributed by atoms with Gasteiger partial charge in [0.05, 0.1) is 10.6 Å². The van der Waals surface area contributed by atoms with Crippen molar-refractivity contribution in [2.45, 2.75) is 39.3 Å². The minimum Gasteiger partial charge on any atom is -0.454 e. The molecule has 1 aliphatic rings. The van der Waals surface area contributed by atoms with Gasteiger partial charge in [-0.05, 0) is 43.0 Å². The molecule has 158 valence electrons. The minimum absolute atomic E-state index is 0.00516. The Morgan fingerprint density at radius 1 is 1.13 bits per heavy atom. The van der Waals surface area contributed by atoms with E-state index < -0.39 is 17.9 Å². The summed E-state index contributed by atoms with van der Waals surface area (Å²) in [6, 6.07) is 13.4. The maximum Gasteiger partial charge on any atom is 0.329 e. The number of hydrogen-bond donors (Lipinski definition) is 1. The summed E-state index contributed by atoms with van der Waals surface area (Å²) in [5.41, 5.74) is 2.21. The fourth-order valence-corrected chi connectivity index (χ4v) is 3.82. The van der Waals surface area contributed by atoms with Crippen molar-refractivity contribution in [2.24, 2.45) is 5.92 Å². The number of amides is 2. The number of esters is 1. The predicted molar refractivity (Wildman–Crippen MR) is 116 cm³/mol. The molecule has 6 nitrogen and oxygen atoms in total. The van der Waals surface area contributed by atoms with Gasteiger partial charge in [0.1, 0.15) is 6.04 Å². The van der Waals surface area contributed by atoms with Crippen molar-refractivity contribution < 1.29 is 19.1 Å². The molecule has 1 aliphatic heterocycles. The Kier molecular flexibility index (Phi) is 6.77. The van der Waals surface area contributed by atoms with Crippen molar-refractivity contribution in [1.29, 1.82) is 0 Å². The van der Waals surface area contributed by atoms with Gasteiger partial charge in [-0.15, -0.1) is 0 Å². The molecule has 0 aromatic heterocycles. The number of halogens is 1. The number of ether oxygens (including phenoxy) is 1. The number of para-hydroxylation sites is 1. The van der Waals surface area contributed by atoms with Crippen molar-refractivity contribution in [2.75, 3.05) is 11.5 Å². The summed E-state index contributed by atoms with van der Waals surface area (Å²) in [6.07, 6.45) is 0.762. The van der Waals surface area contributed by atoms with E-state index in [0.717, 1.165) is 17.7 Å². The van der Waals surface area contributed by atoms with Crippen LogP contribution in [-0.4, -0.2) is 36.5 Å². The van der Waals surface area contributed by atoms with E-state index in [1.54, 1.807) is 43.0 Å². The van der Waals surface area contributed by atoms with E-state index in [1.807, 2.05) is 31.2 Å². The maximum atomic E-state index is 12.7. The highest BCUT2D eigenvalue weighted by atomic mass is 35.5. The number of nitrogens with zero attached hydrogens (tertiary/aromatic N) is 1. The number of benzene rings is 2. The van der Waals surface area contributed by atoms with Crippen molar-refractivity contribution in [3.63, 3.8) is 0 Å². The average molecular weight is 429 g/mol. The molecule has 2 amide bonds. The van der Waals surface area contributed by atoms with Crippen LogP contribution in [0.2, 0.25) is 5.02 Å². The van der Waals surface area contributed by atoms with E-state index >= 15 is 0 Å². The van der Waals surface area contributed by atoms with Crippen LogP contribution in [0.4, 0.5) is 5.69 Å². The fraction of sp³-hybridized carbons (Fsp3) is 0.348. The lowest BCUT2D eigenvalue weighted by Crippen LogP contribution is -2.47. The molecule has 1 N–H and O–H groups in total.